The van der Waals surface area contributed by atoms with Crippen molar-refractivity contribution in [2.75, 3.05) is 58.3 Å². The first-order valence-corrected chi connectivity index (χ1v) is 11.1. The zero-order valence-corrected chi connectivity index (χ0v) is 19.2. The van der Waals surface area contributed by atoms with Crippen molar-refractivity contribution in [1.29, 1.82) is 0 Å². The third kappa shape index (κ3) is 6.28. The fraction of sp³-hybridized carbons (Fsp3) is 0.480. The molecule has 1 saturated heterocycles. The zero-order valence-electron chi connectivity index (χ0n) is 19.2. The lowest BCUT2D eigenvalue weighted by Crippen LogP contribution is -2.48. The summed E-state index contributed by atoms with van der Waals surface area (Å²) in [6.07, 6.45) is 0. The van der Waals surface area contributed by atoms with Crippen LogP contribution in [0.5, 0.6) is 0 Å². The summed E-state index contributed by atoms with van der Waals surface area (Å²) < 4.78 is 14.2. The van der Waals surface area contributed by atoms with E-state index in [9.17, 15) is 9.18 Å². The van der Waals surface area contributed by atoms with Gasteiger partial charge in [-0.2, -0.15) is 0 Å². The van der Waals surface area contributed by atoms with Crippen molar-refractivity contribution in [3.8, 4) is 0 Å². The van der Waals surface area contributed by atoms with Crippen molar-refractivity contribution in [1.82, 2.24) is 14.7 Å². The number of halogens is 1. The summed E-state index contributed by atoms with van der Waals surface area (Å²) in [7, 11) is 3.94. The number of rotatable bonds is 8. The molecule has 1 amide bonds. The minimum absolute atomic E-state index is 0.0683. The van der Waals surface area contributed by atoms with Crippen LogP contribution in [0.2, 0.25) is 0 Å². The average molecular weight is 427 g/mol. The van der Waals surface area contributed by atoms with Gasteiger partial charge in [0.2, 0.25) is 0 Å². The summed E-state index contributed by atoms with van der Waals surface area (Å²) >= 11 is 0. The van der Waals surface area contributed by atoms with Gasteiger partial charge in [0.05, 0.1) is 0 Å². The van der Waals surface area contributed by atoms with Crippen LogP contribution in [0, 0.1) is 5.82 Å². The number of amides is 1. The number of benzene rings is 2. The Hall–Kier alpha value is -2.44. The Kier molecular flexibility index (Phi) is 8.04. The van der Waals surface area contributed by atoms with Gasteiger partial charge in [0.15, 0.2) is 0 Å². The Morgan fingerprint density at radius 2 is 1.61 bits per heavy atom. The van der Waals surface area contributed by atoms with Crippen molar-refractivity contribution in [2.45, 2.75) is 26.4 Å². The second kappa shape index (κ2) is 10.7. The van der Waals surface area contributed by atoms with Crippen LogP contribution in [0.4, 0.5) is 10.1 Å². The van der Waals surface area contributed by atoms with Gasteiger partial charge in [-0.1, -0.05) is 18.2 Å². The highest BCUT2D eigenvalue weighted by Crippen LogP contribution is 2.20. The molecule has 0 unspecified atom stereocenters. The molecule has 2 aromatic carbocycles. The summed E-state index contributed by atoms with van der Waals surface area (Å²) in [5.74, 6) is -0.345. The second-order valence-corrected chi connectivity index (χ2v) is 8.79. The van der Waals surface area contributed by atoms with Crippen LogP contribution < -0.4 is 4.90 Å². The van der Waals surface area contributed by atoms with E-state index >= 15 is 0 Å². The highest BCUT2D eigenvalue weighted by molar-refractivity contribution is 5.94. The molecular formula is C25H35FN4O. The van der Waals surface area contributed by atoms with Gasteiger partial charge >= 0.3 is 0 Å². The van der Waals surface area contributed by atoms with Crippen LogP contribution >= 0.6 is 0 Å². The molecule has 0 radical (unpaired) electrons. The van der Waals surface area contributed by atoms with Gasteiger partial charge in [-0.3, -0.25) is 9.69 Å². The minimum Gasteiger partial charge on any atom is -0.369 e. The maximum absolute atomic E-state index is 14.2. The molecule has 0 aliphatic carbocycles. The van der Waals surface area contributed by atoms with Crippen LogP contribution in [-0.2, 0) is 6.54 Å². The monoisotopic (exact) mass is 426 g/mol. The van der Waals surface area contributed by atoms with E-state index in [2.05, 4.69) is 23.6 Å². The summed E-state index contributed by atoms with van der Waals surface area (Å²) in [5.41, 5.74) is 2.32. The molecule has 1 aliphatic heterocycles. The largest absolute Gasteiger partial charge is 0.369 e. The van der Waals surface area contributed by atoms with E-state index in [-0.39, 0.29) is 18.3 Å². The number of anilines is 1. The molecule has 31 heavy (non-hydrogen) atoms. The third-order valence-electron chi connectivity index (χ3n) is 5.95. The first-order chi connectivity index (χ1) is 14.8. The van der Waals surface area contributed by atoms with Gasteiger partial charge in [0, 0.05) is 68.7 Å². The SMILES string of the molecule is CC(C)N1CCN(c2ccc(C(=O)N(CCN(C)C)Cc3ccccc3F)cc2)CC1. The lowest BCUT2D eigenvalue weighted by atomic mass is 10.1. The number of hydrogen-bond donors (Lipinski definition) is 0. The Bertz CT molecular complexity index is 845. The number of piperazine rings is 1. The summed E-state index contributed by atoms with van der Waals surface area (Å²) in [6, 6.07) is 15.1. The molecular weight excluding hydrogens is 391 g/mol. The Balaban J connectivity index is 1.70. The molecule has 1 fully saturated rings. The number of likely N-dealkylation sites (N-methyl/N-ethyl adjacent to an activating group) is 1. The van der Waals surface area contributed by atoms with E-state index in [0.717, 1.165) is 38.4 Å². The van der Waals surface area contributed by atoms with Crippen LogP contribution in [0.25, 0.3) is 0 Å². The van der Waals surface area contributed by atoms with Crippen LogP contribution in [0.15, 0.2) is 48.5 Å². The van der Waals surface area contributed by atoms with Gasteiger partial charge in [-0.25, -0.2) is 4.39 Å². The van der Waals surface area contributed by atoms with Crippen molar-refractivity contribution < 1.29 is 9.18 Å². The van der Waals surface area contributed by atoms with Gasteiger partial charge < -0.3 is 14.7 Å². The van der Waals surface area contributed by atoms with Crippen LogP contribution in [0.1, 0.15) is 29.8 Å². The molecule has 1 aliphatic rings. The van der Waals surface area contributed by atoms with Crippen molar-refractivity contribution >= 4 is 11.6 Å². The van der Waals surface area contributed by atoms with E-state index < -0.39 is 0 Å². The van der Waals surface area contributed by atoms with Crippen molar-refractivity contribution in [3.63, 3.8) is 0 Å². The van der Waals surface area contributed by atoms with Crippen LogP contribution in [-0.4, -0.2) is 80.0 Å². The Labute approximate surface area is 186 Å². The van der Waals surface area contributed by atoms with Crippen LogP contribution in [0.3, 0.4) is 0 Å². The predicted octanol–water partition coefficient (Wildman–Crippen LogP) is 3.56. The van der Waals surface area contributed by atoms with E-state index in [1.807, 2.05) is 43.3 Å². The molecule has 3 rings (SSSR count). The average Bonchev–Trinajstić information content (AvgIpc) is 2.77. The van der Waals surface area contributed by atoms with Gasteiger partial charge in [-0.05, 0) is 58.3 Å². The summed E-state index contributed by atoms with van der Waals surface area (Å²) in [4.78, 5) is 21.9. The lowest BCUT2D eigenvalue weighted by molar-refractivity contribution is 0.0730. The first kappa shape index (κ1) is 23.2. The Morgan fingerprint density at radius 1 is 0.968 bits per heavy atom. The minimum atomic E-state index is -0.277. The number of carbonyl (C=O) groups is 1. The second-order valence-electron chi connectivity index (χ2n) is 8.79. The predicted molar refractivity (Wildman–Crippen MR) is 125 cm³/mol. The molecule has 0 spiro atoms. The normalized spacial score (nSPS) is 15.0. The highest BCUT2D eigenvalue weighted by Gasteiger charge is 2.21. The first-order valence-electron chi connectivity index (χ1n) is 11.1. The highest BCUT2D eigenvalue weighted by atomic mass is 19.1. The summed E-state index contributed by atoms with van der Waals surface area (Å²) in [6.45, 7) is 10.1. The molecule has 5 nitrogen and oxygen atoms in total. The molecule has 0 bridgehead atoms. The molecule has 0 atom stereocenters. The number of nitrogens with zero attached hydrogens (tertiary/aromatic N) is 4. The zero-order chi connectivity index (χ0) is 22.4. The van der Waals surface area contributed by atoms with Gasteiger partial charge in [0.1, 0.15) is 5.82 Å². The Morgan fingerprint density at radius 3 is 2.19 bits per heavy atom. The maximum atomic E-state index is 14.2. The maximum Gasteiger partial charge on any atom is 0.254 e. The van der Waals surface area contributed by atoms with Gasteiger partial charge in [0.25, 0.3) is 5.91 Å². The van der Waals surface area contributed by atoms with E-state index in [0.29, 0.717) is 23.7 Å². The molecule has 168 valence electrons. The lowest BCUT2D eigenvalue weighted by Gasteiger charge is -2.38. The van der Waals surface area contributed by atoms with Crippen molar-refractivity contribution in [3.05, 3.63) is 65.5 Å². The van der Waals surface area contributed by atoms with Gasteiger partial charge in [-0.15, -0.1) is 0 Å². The fourth-order valence-corrected chi connectivity index (χ4v) is 3.90. The summed E-state index contributed by atoms with van der Waals surface area (Å²) in [5, 5.41) is 0. The van der Waals surface area contributed by atoms with E-state index in [1.165, 1.54) is 6.07 Å². The standard InChI is InChI=1S/C25H35FN4O/c1-20(2)28-15-17-29(18-16-28)23-11-9-21(10-12-23)25(31)30(14-13-27(3)4)19-22-7-5-6-8-24(22)26/h5-12,20H,13-19H2,1-4H3. The molecule has 1 heterocycles. The van der Waals surface area contributed by atoms with E-state index in [1.54, 1.807) is 23.1 Å². The van der Waals surface area contributed by atoms with Crippen molar-refractivity contribution in [2.24, 2.45) is 0 Å². The molecule has 0 N–H and O–H groups in total. The fourth-order valence-electron chi connectivity index (χ4n) is 3.90. The molecule has 0 saturated carbocycles. The number of hydrogen-bond acceptors (Lipinski definition) is 4. The smallest absolute Gasteiger partial charge is 0.254 e. The number of carbonyl (C=O) groups excluding carboxylic acids is 1. The molecule has 0 aromatic heterocycles. The quantitative estimate of drug-likeness (QED) is 0.646. The van der Waals surface area contributed by atoms with E-state index in [4.69, 9.17) is 0 Å². The molecule has 2 aromatic rings. The third-order valence-corrected chi connectivity index (χ3v) is 5.95. The topological polar surface area (TPSA) is 30.0 Å². The molecule has 6 heteroatoms.